The molecule has 0 radical (unpaired) electrons. The molecule has 0 amide bonds. The molecule has 0 saturated heterocycles. The van der Waals surface area contributed by atoms with E-state index in [1.807, 2.05) is 6.08 Å². The van der Waals surface area contributed by atoms with Gasteiger partial charge in [-0.05, 0) is 43.8 Å². The molecule has 21 heavy (non-hydrogen) atoms. The minimum absolute atomic E-state index is 0.104. The monoisotopic (exact) mass is 290 g/mol. The molecule has 112 valence electrons. The van der Waals surface area contributed by atoms with E-state index < -0.39 is 5.97 Å². The summed E-state index contributed by atoms with van der Waals surface area (Å²) in [6, 6.07) is 1.72. The molecule has 2 heterocycles. The smallest absolute Gasteiger partial charge is 0.346 e. The van der Waals surface area contributed by atoms with Crippen molar-refractivity contribution in [2.24, 2.45) is 11.8 Å². The van der Waals surface area contributed by atoms with E-state index in [2.05, 4.69) is 0 Å². The highest BCUT2D eigenvalue weighted by molar-refractivity contribution is 5.70. The van der Waals surface area contributed by atoms with E-state index in [4.69, 9.17) is 14.3 Å². The fourth-order valence-corrected chi connectivity index (χ4v) is 3.16. The summed E-state index contributed by atoms with van der Waals surface area (Å²) in [7, 11) is 0. The third kappa shape index (κ3) is 2.48. The maximum Gasteiger partial charge on any atom is 0.346 e. The number of aliphatic carboxylic acids is 1. The Morgan fingerprint density at radius 3 is 2.95 bits per heavy atom. The zero-order valence-corrected chi connectivity index (χ0v) is 12.1. The van der Waals surface area contributed by atoms with Crippen molar-refractivity contribution in [3.8, 4) is 5.75 Å². The number of rotatable bonds is 2. The number of carboxylic acids is 1. The quantitative estimate of drug-likeness (QED) is 0.906. The molecule has 3 atom stereocenters. The molecule has 1 N–H and O–H groups in total. The molecule has 0 bridgehead atoms. The third-order valence-corrected chi connectivity index (χ3v) is 4.50. The lowest BCUT2D eigenvalue weighted by Gasteiger charge is -2.36. The lowest BCUT2D eigenvalue weighted by Crippen LogP contribution is -2.35. The van der Waals surface area contributed by atoms with Crippen LogP contribution < -0.4 is 10.4 Å². The molecule has 1 saturated carbocycles. The van der Waals surface area contributed by atoms with Crippen LogP contribution in [0.2, 0.25) is 0 Å². The zero-order valence-electron chi connectivity index (χ0n) is 12.1. The van der Waals surface area contributed by atoms with Crippen molar-refractivity contribution >= 4 is 12.0 Å². The van der Waals surface area contributed by atoms with Gasteiger partial charge >= 0.3 is 11.6 Å². The largest absolute Gasteiger partial charge is 0.485 e. The van der Waals surface area contributed by atoms with Gasteiger partial charge in [0.1, 0.15) is 23.2 Å². The lowest BCUT2D eigenvalue weighted by atomic mass is 9.76. The summed E-state index contributed by atoms with van der Waals surface area (Å²) in [4.78, 5) is 23.0. The van der Waals surface area contributed by atoms with Gasteiger partial charge < -0.3 is 14.3 Å². The number of ether oxygens (including phenoxy) is 1. The molecule has 1 aromatic heterocycles. The third-order valence-electron chi connectivity index (χ3n) is 4.50. The minimum Gasteiger partial charge on any atom is -0.485 e. The van der Waals surface area contributed by atoms with Crippen LogP contribution in [-0.4, -0.2) is 17.2 Å². The number of hydrogen-bond acceptors (Lipinski definition) is 4. The van der Waals surface area contributed by atoms with Crippen molar-refractivity contribution < 1.29 is 19.1 Å². The van der Waals surface area contributed by atoms with Crippen LogP contribution >= 0.6 is 0 Å². The van der Waals surface area contributed by atoms with Gasteiger partial charge in [0.2, 0.25) is 0 Å². The van der Waals surface area contributed by atoms with E-state index in [1.54, 1.807) is 19.9 Å². The fraction of sp³-hybridized carbons (Fsp3) is 0.500. The molecule has 1 aliphatic carbocycles. The van der Waals surface area contributed by atoms with Crippen molar-refractivity contribution in [1.82, 2.24) is 0 Å². The van der Waals surface area contributed by atoms with Gasteiger partial charge in [-0.25, -0.2) is 4.79 Å². The fourth-order valence-electron chi connectivity index (χ4n) is 3.16. The molecule has 1 fully saturated rings. The normalized spacial score (nSPS) is 25.1. The molecule has 5 nitrogen and oxygen atoms in total. The maximum absolute atomic E-state index is 11.9. The second kappa shape index (κ2) is 5.06. The lowest BCUT2D eigenvalue weighted by molar-refractivity contribution is -0.143. The van der Waals surface area contributed by atoms with Crippen LogP contribution in [-0.2, 0) is 4.79 Å². The average Bonchev–Trinajstić information content (AvgIpc) is 2.44. The molecule has 5 heteroatoms. The van der Waals surface area contributed by atoms with Crippen LogP contribution in [0.15, 0.2) is 20.9 Å². The maximum atomic E-state index is 11.9. The Kier molecular flexibility index (Phi) is 3.35. The van der Waals surface area contributed by atoms with Crippen molar-refractivity contribution in [2.45, 2.75) is 39.2 Å². The second-order valence-electron chi connectivity index (χ2n) is 5.91. The predicted molar refractivity (Wildman–Crippen MR) is 76.2 cm³/mol. The Hall–Kier alpha value is -2.04. The van der Waals surface area contributed by atoms with Crippen LogP contribution in [0, 0.1) is 18.8 Å². The number of carbonyl (C=O) groups is 1. The van der Waals surface area contributed by atoms with Crippen LogP contribution in [0.4, 0.5) is 0 Å². The predicted octanol–water partition coefficient (Wildman–Crippen LogP) is 2.61. The first-order valence-corrected chi connectivity index (χ1v) is 7.20. The van der Waals surface area contributed by atoms with Crippen molar-refractivity contribution in [3.05, 3.63) is 33.4 Å². The van der Waals surface area contributed by atoms with Gasteiger partial charge in [-0.3, -0.25) is 4.79 Å². The zero-order chi connectivity index (χ0) is 15.1. The highest BCUT2D eigenvalue weighted by Gasteiger charge is 2.35. The summed E-state index contributed by atoms with van der Waals surface area (Å²) in [6.45, 7) is 3.46. The summed E-state index contributed by atoms with van der Waals surface area (Å²) >= 11 is 0. The van der Waals surface area contributed by atoms with E-state index in [9.17, 15) is 9.59 Å². The molecule has 0 aromatic carbocycles. The topological polar surface area (TPSA) is 76.7 Å². The Balaban J connectivity index is 1.89. The number of aryl methyl sites for hydroxylation is 1. The van der Waals surface area contributed by atoms with E-state index in [0.29, 0.717) is 23.5 Å². The first-order valence-electron chi connectivity index (χ1n) is 7.20. The van der Waals surface area contributed by atoms with Gasteiger partial charge in [-0.2, -0.15) is 0 Å². The molecule has 1 unspecified atom stereocenters. The van der Waals surface area contributed by atoms with Crippen LogP contribution in [0.1, 0.15) is 37.5 Å². The highest BCUT2D eigenvalue weighted by Crippen LogP contribution is 2.40. The molecule has 3 rings (SSSR count). The highest BCUT2D eigenvalue weighted by atomic mass is 16.5. The molecule has 0 spiro atoms. The van der Waals surface area contributed by atoms with Gasteiger partial charge in [-0.1, -0.05) is 6.92 Å². The van der Waals surface area contributed by atoms with Gasteiger partial charge in [0.25, 0.3) is 0 Å². The van der Waals surface area contributed by atoms with Crippen molar-refractivity contribution in [2.75, 3.05) is 0 Å². The summed E-state index contributed by atoms with van der Waals surface area (Å²) in [5.74, 6) is 0.0228. The summed E-state index contributed by atoms with van der Waals surface area (Å²) < 4.78 is 11.0. The number of hydrogen-bond donors (Lipinski definition) is 1. The standard InChI is InChI=1S/C16H18O5/c1-8-5-14-12(16(19)20-8)6-11-4-3-10(7-13(11)21-14)9(2)15(17)18/h5-6,9-10,13H,3-4,7H2,1-2H3,(H,17,18)/t9?,10-,13-/m0/s1. The van der Waals surface area contributed by atoms with Crippen LogP contribution in [0.3, 0.4) is 0 Å². The average molecular weight is 290 g/mol. The molecule has 1 aliphatic heterocycles. The first-order chi connectivity index (χ1) is 9.95. The first kappa shape index (κ1) is 13.9. The second-order valence-corrected chi connectivity index (χ2v) is 5.91. The Labute approximate surface area is 122 Å². The minimum atomic E-state index is -0.764. The molecule has 2 aliphatic rings. The van der Waals surface area contributed by atoms with E-state index >= 15 is 0 Å². The summed E-state index contributed by atoms with van der Waals surface area (Å²) in [5, 5.41) is 9.15. The van der Waals surface area contributed by atoms with Gasteiger partial charge in [0.15, 0.2) is 0 Å². The van der Waals surface area contributed by atoms with E-state index in [-0.39, 0.29) is 23.6 Å². The Morgan fingerprint density at radius 1 is 1.48 bits per heavy atom. The van der Waals surface area contributed by atoms with E-state index in [1.165, 1.54) is 0 Å². The Bertz CT molecular complexity index is 670. The van der Waals surface area contributed by atoms with Gasteiger partial charge in [0, 0.05) is 6.07 Å². The number of carboxylic acid groups (broad SMARTS) is 1. The van der Waals surface area contributed by atoms with Gasteiger partial charge in [-0.15, -0.1) is 0 Å². The molecular formula is C16H18O5. The SMILES string of the molecule is Cc1cc2c(c(=O)o1)C=C1CC[C@H](C(C)C(=O)O)C[C@@H]1O2. The number of fused-ring (bicyclic) bond motifs is 2. The van der Waals surface area contributed by atoms with Gasteiger partial charge in [0.05, 0.1) is 5.92 Å². The Morgan fingerprint density at radius 2 is 2.24 bits per heavy atom. The van der Waals surface area contributed by atoms with Crippen LogP contribution in [0.25, 0.3) is 6.08 Å². The van der Waals surface area contributed by atoms with Crippen molar-refractivity contribution in [3.63, 3.8) is 0 Å². The summed E-state index contributed by atoms with van der Waals surface area (Å²) in [6.07, 6.45) is 3.99. The molecule has 1 aromatic rings. The summed E-state index contributed by atoms with van der Waals surface area (Å²) in [5.41, 5.74) is 1.15. The van der Waals surface area contributed by atoms with E-state index in [0.717, 1.165) is 18.4 Å². The van der Waals surface area contributed by atoms with Crippen molar-refractivity contribution in [1.29, 1.82) is 0 Å². The molecular weight excluding hydrogens is 272 g/mol. The van der Waals surface area contributed by atoms with Crippen LogP contribution in [0.5, 0.6) is 5.75 Å².